The molecule has 1 fully saturated rings. The van der Waals surface area contributed by atoms with Crippen molar-refractivity contribution in [2.24, 2.45) is 0 Å². The zero-order valence-electron chi connectivity index (χ0n) is 14.8. The van der Waals surface area contributed by atoms with Crippen LogP contribution in [0, 0.1) is 0 Å². The molecule has 1 rings (SSSR count). The van der Waals surface area contributed by atoms with Gasteiger partial charge in [-0.1, -0.05) is 0 Å². The summed E-state index contributed by atoms with van der Waals surface area (Å²) in [5, 5.41) is 3.21. The average molecular weight is 451 g/mol. The van der Waals surface area contributed by atoms with Crippen molar-refractivity contribution < 1.29 is 41.9 Å². The summed E-state index contributed by atoms with van der Waals surface area (Å²) in [6, 6.07) is 0. The van der Waals surface area contributed by atoms with E-state index in [4.69, 9.17) is 28.3 Å². The molecule has 0 aromatic heterocycles. The zero-order valence-corrected chi connectivity index (χ0v) is 17.4. The summed E-state index contributed by atoms with van der Waals surface area (Å²) >= 11 is 0. The van der Waals surface area contributed by atoms with Crippen molar-refractivity contribution in [2.75, 3.05) is 72.6 Å². The van der Waals surface area contributed by atoms with Crippen molar-refractivity contribution in [1.82, 2.24) is 20.0 Å². The number of nitrogens with one attached hydrogen (secondary N) is 1. The van der Waals surface area contributed by atoms with Crippen LogP contribution < -0.4 is 5.32 Å². The molecule has 1 aliphatic rings. The lowest BCUT2D eigenvalue weighted by molar-refractivity contribution is 0.0568. The SMILES string of the molecule is O=[P+](O)OCN1CCNCCN(CO[P+](=O)O)CCN(CO[P+](=O)O)CC1. The molecular formula is C11H26N4O9P3+3. The number of hydrogen-bond acceptors (Lipinski definition) is 10. The van der Waals surface area contributed by atoms with Gasteiger partial charge in [0.05, 0.1) is 0 Å². The van der Waals surface area contributed by atoms with Gasteiger partial charge in [0.1, 0.15) is 0 Å². The number of rotatable bonds is 9. The van der Waals surface area contributed by atoms with Gasteiger partial charge in [-0.2, -0.15) is 0 Å². The third-order valence-electron chi connectivity index (χ3n) is 3.73. The van der Waals surface area contributed by atoms with Gasteiger partial charge in [-0.05, 0) is 0 Å². The molecule has 1 aliphatic heterocycles. The predicted molar refractivity (Wildman–Crippen MR) is 94.9 cm³/mol. The van der Waals surface area contributed by atoms with Crippen LogP contribution in [0.3, 0.4) is 0 Å². The van der Waals surface area contributed by atoms with Crippen LogP contribution in [0.5, 0.6) is 0 Å². The van der Waals surface area contributed by atoms with Gasteiger partial charge in [0, 0.05) is 66.1 Å². The van der Waals surface area contributed by atoms with Crippen molar-refractivity contribution >= 4 is 24.8 Å². The first kappa shape index (κ1) is 24.9. The first-order valence-electron chi connectivity index (χ1n) is 8.11. The van der Waals surface area contributed by atoms with Crippen LogP contribution in [0.2, 0.25) is 0 Å². The van der Waals surface area contributed by atoms with Gasteiger partial charge in [0.25, 0.3) is 0 Å². The van der Waals surface area contributed by atoms with Crippen molar-refractivity contribution in [2.45, 2.75) is 0 Å². The second-order valence-corrected chi connectivity index (χ2v) is 7.79. The van der Waals surface area contributed by atoms with Gasteiger partial charge in [-0.15, -0.1) is 28.3 Å². The summed E-state index contributed by atoms with van der Waals surface area (Å²) < 4.78 is 46.6. The highest BCUT2D eigenvalue weighted by Crippen LogP contribution is 2.17. The standard InChI is InChI=1S/C11H23N4O9P3/c16-25(17)22-9-13-3-1-12-2-4-14(10-23-26(18)19)6-8-15(7-5-13)11-24-27(20)21/h12H,1-11H2/p+3. The molecule has 0 spiro atoms. The first-order valence-corrected chi connectivity index (χ1v) is 11.5. The second kappa shape index (κ2) is 14.8. The quantitative estimate of drug-likeness (QED) is 0.328. The molecule has 0 aliphatic carbocycles. The van der Waals surface area contributed by atoms with E-state index < -0.39 is 24.8 Å². The van der Waals surface area contributed by atoms with Gasteiger partial charge in [-0.25, -0.2) is 0 Å². The summed E-state index contributed by atoms with van der Waals surface area (Å²) in [6.07, 6.45) is 0. The Bertz CT molecular complexity index is 458. The molecule has 3 atom stereocenters. The van der Waals surface area contributed by atoms with Crippen LogP contribution in [0.4, 0.5) is 0 Å². The number of nitrogens with zero attached hydrogens (tertiary/aromatic N) is 3. The smallest absolute Gasteiger partial charge is 0.314 e. The van der Waals surface area contributed by atoms with Crippen LogP contribution in [-0.2, 0) is 27.3 Å². The molecule has 4 N–H and O–H groups in total. The van der Waals surface area contributed by atoms with Crippen molar-refractivity contribution in [3.8, 4) is 0 Å². The summed E-state index contributed by atoms with van der Waals surface area (Å²) in [5.41, 5.74) is 0. The fourth-order valence-electron chi connectivity index (χ4n) is 2.28. The summed E-state index contributed by atoms with van der Waals surface area (Å²) in [5.74, 6) is 0. The van der Waals surface area contributed by atoms with E-state index in [9.17, 15) is 13.7 Å². The molecule has 13 nitrogen and oxygen atoms in total. The minimum atomic E-state index is -2.74. The summed E-state index contributed by atoms with van der Waals surface area (Å²) in [6.45, 7) is 4.10. The molecular weight excluding hydrogens is 425 g/mol. The topological polar surface area (TPSA) is 161 Å². The zero-order chi connectivity index (χ0) is 20.1. The van der Waals surface area contributed by atoms with Crippen LogP contribution in [0.25, 0.3) is 0 Å². The van der Waals surface area contributed by atoms with E-state index in [1.165, 1.54) is 0 Å². The van der Waals surface area contributed by atoms with E-state index in [-0.39, 0.29) is 20.2 Å². The number of hydrogen-bond donors (Lipinski definition) is 4. The predicted octanol–water partition coefficient (Wildman–Crippen LogP) is -0.633. The highest BCUT2D eigenvalue weighted by molar-refractivity contribution is 7.32. The summed E-state index contributed by atoms with van der Waals surface area (Å²) in [4.78, 5) is 31.9. The van der Waals surface area contributed by atoms with Gasteiger partial charge in [0.2, 0.25) is 0 Å². The lowest BCUT2D eigenvalue weighted by Crippen LogP contribution is -2.45. The highest BCUT2D eigenvalue weighted by Gasteiger charge is 2.22. The maximum atomic E-state index is 10.8. The van der Waals surface area contributed by atoms with Gasteiger partial charge < -0.3 is 5.32 Å². The molecule has 1 heterocycles. The Morgan fingerprint density at radius 3 is 1.22 bits per heavy atom. The van der Waals surface area contributed by atoms with Crippen molar-refractivity contribution in [3.05, 3.63) is 0 Å². The molecule has 0 saturated carbocycles. The molecule has 156 valence electrons. The van der Waals surface area contributed by atoms with Crippen LogP contribution in [0.15, 0.2) is 0 Å². The van der Waals surface area contributed by atoms with Crippen molar-refractivity contribution in [1.29, 1.82) is 0 Å². The van der Waals surface area contributed by atoms with E-state index in [0.29, 0.717) is 52.4 Å². The van der Waals surface area contributed by atoms with Gasteiger partial charge in [-0.3, -0.25) is 14.7 Å². The average Bonchev–Trinajstić information content (AvgIpc) is 2.59. The molecule has 0 aromatic rings. The first-order chi connectivity index (χ1) is 12.9. The molecule has 0 radical (unpaired) electrons. The summed E-state index contributed by atoms with van der Waals surface area (Å²) in [7, 11) is -8.12. The van der Waals surface area contributed by atoms with Gasteiger partial charge >= 0.3 is 24.8 Å². The third kappa shape index (κ3) is 13.7. The van der Waals surface area contributed by atoms with E-state index in [1.807, 2.05) is 9.80 Å². The largest absolute Gasteiger partial charge is 0.696 e. The Morgan fingerprint density at radius 2 is 0.926 bits per heavy atom. The van der Waals surface area contributed by atoms with E-state index >= 15 is 0 Å². The minimum absolute atomic E-state index is 0.0140. The molecule has 0 bridgehead atoms. The fourth-order valence-corrected chi connectivity index (χ4v) is 3.07. The Hall–Kier alpha value is -0.100. The van der Waals surface area contributed by atoms with E-state index in [1.54, 1.807) is 4.90 Å². The second-order valence-electron chi connectivity index (χ2n) is 5.59. The lowest BCUT2D eigenvalue weighted by Gasteiger charge is -2.28. The van der Waals surface area contributed by atoms with Crippen LogP contribution >= 0.6 is 24.8 Å². The minimum Gasteiger partial charge on any atom is -0.314 e. The lowest BCUT2D eigenvalue weighted by atomic mass is 10.4. The maximum absolute atomic E-state index is 10.8. The fraction of sp³-hybridized carbons (Fsp3) is 1.00. The molecule has 3 unspecified atom stereocenters. The highest BCUT2D eigenvalue weighted by atomic mass is 31.1. The Balaban J connectivity index is 2.64. The maximum Gasteiger partial charge on any atom is 0.696 e. The molecule has 27 heavy (non-hydrogen) atoms. The Labute approximate surface area is 160 Å². The van der Waals surface area contributed by atoms with E-state index in [0.717, 1.165) is 0 Å². The Morgan fingerprint density at radius 1 is 0.630 bits per heavy atom. The van der Waals surface area contributed by atoms with Gasteiger partial charge in [0.15, 0.2) is 20.2 Å². The van der Waals surface area contributed by atoms with E-state index in [2.05, 4.69) is 5.32 Å². The third-order valence-corrected chi connectivity index (χ3v) is 4.74. The normalized spacial score (nSPS) is 21.2. The molecule has 1 saturated heterocycles. The molecule has 0 amide bonds. The Kier molecular flexibility index (Phi) is 13.7. The van der Waals surface area contributed by atoms with Crippen LogP contribution in [-0.4, -0.2) is 102 Å². The van der Waals surface area contributed by atoms with Crippen molar-refractivity contribution in [3.63, 3.8) is 0 Å². The molecule has 16 heteroatoms. The monoisotopic (exact) mass is 451 g/mol. The molecule has 0 aromatic carbocycles. The van der Waals surface area contributed by atoms with Crippen LogP contribution in [0.1, 0.15) is 0 Å².